The number of fused-ring (bicyclic) bond motifs is 1. The molecular formula is C17H17N3OS2. The molecule has 3 rings (SSSR count). The summed E-state index contributed by atoms with van der Waals surface area (Å²) in [4.78, 5) is 19.7. The van der Waals surface area contributed by atoms with Crippen molar-refractivity contribution in [1.29, 1.82) is 5.26 Å². The SMILES string of the molecule is CC(C)c1nc2scc(-c3cccs3)c2c(=O)n1CCCC#N. The first-order chi connectivity index (χ1) is 11.1. The Hall–Kier alpha value is -1.97. The smallest absolute Gasteiger partial charge is 0.262 e. The Bertz CT molecular complexity index is 914. The molecule has 0 aromatic carbocycles. The molecule has 0 aliphatic rings. The first-order valence-electron chi connectivity index (χ1n) is 7.56. The van der Waals surface area contributed by atoms with Crippen LogP contribution < -0.4 is 5.56 Å². The van der Waals surface area contributed by atoms with Crippen LogP contribution in [0.15, 0.2) is 27.7 Å². The zero-order valence-electron chi connectivity index (χ0n) is 13.1. The van der Waals surface area contributed by atoms with Gasteiger partial charge in [-0.15, -0.1) is 22.7 Å². The summed E-state index contributed by atoms with van der Waals surface area (Å²) in [5.74, 6) is 0.974. The first kappa shape index (κ1) is 15.9. The topological polar surface area (TPSA) is 58.7 Å². The molecular weight excluding hydrogens is 326 g/mol. The molecule has 0 amide bonds. The molecule has 0 aliphatic heterocycles. The van der Waals surface area contributed by atoms with Crippen LogP contribution in [0.3, 0.4) is 0 Å². The summed E-state index contributed by atoms with van der Waals surface area (Å²) in [7, 11) is 0. The van der Waals surface area contributed by atoms with E-state index in [1.54, 1.807) is 15.9 Å². The number of hydrogen-bond donors (Lipinski definition) is 0. The van der Waals surface area contributed by atoms with Crippen molar-refractivity contribution in [2.45, 2.75) is 39.2 Å². The Morgan fingerprint density at radius 1 is 1.39 bits per heavy atom. The van der Waals surface area contributed by atoms with Crippen LogP contribution >= 0.6 is 22.7 Å². The maximum Gasteiger partial charge on any atom is 0.262 e. The zero-order chi connectivity index (χ0) is 16.4. The van der Waals surface area contributed by atoms with Crippen LogP contribution in [0.2, 0.25) is 0 Å². The van der Waals surface area contributed by atoms with E-state index >= 15 is 0 Å². The molecule has 0 N–H and O–H groups in total. The van der Waals surface area contributed by atoms with E-state index in [1.807, 2.05) is 36.7 Å². The molecule has 118 valence electrons. The second-order valence-corrected chi connectivity index (χ2v) is 7.46. The van der Waals surface area contributed by atoms with Crippen molar-refractivity contribution >= 4 is 32.9 Å². The fraction of sp³-hybridized carbons (Fsp3) is 0.353. The molecule has 23 heavy (non-hydrogen) atoms. The predicted octanol–water partition coefficient (Wildman–Crippen LogP) is 4.61. The Labute approximate surface area is 142 Å². The molecule has 3 heterocycles. The lowest BCUT2D eigenvalue weighted by Gasteiger charge is -2.14. The van der Waals surface area contributed by atoms with E-state index < -0.39 is 0 Å². The third-order valence-electron chi connectivity index (χ3n) is 3.70. The lowest BCUT2D eigenvalue weighted by atomic mass is 10.1. The first-order valence-corrected chi connectivity index (χ1v) is 9.32. The Kier molecular flexibility index (Phi) is 4.60. The highest BCUT2D eigenvalue weighted by Gasteiger charge is 2.18. The highest BCUT2D eigenvalue weighted by atomic mass is 32.1. The van der Waals surface area contributed by atoms with Gasteiger partial charge in [-0.05, 0) is 17.9 Å². The van der Waals surface area contributed by atoms with Gasteiger partial charge in [0.05, 0.1) is 11.5 Å². The van der Waals surface area contributed by atoms with Gasteiger partial charge in [-0.2, -0.15) is 5.26 Å². The summed E-state index contributed by atoms with van der Waals surface area (Å²) in [6, 6.07) is 6.16. The molecule has 0 spiro atoms. The van der Waals surface area contributed by atoms with Crippen LogP contribution in [-0.2, 0) is 6.54 Å². The third-order valence-corrected chi connectivity index (χ3v) is 5.47. The summed E-state index contributed by atoms with van der Waals surface area (Å²) < 4.78 is 1.76. The lowest BCUT2D eigenvalue weighted by Crippen LogP contribution is -2.26. The van der Waals surface area contributed by atoms with E-state index in [-0.39, 0.29) is 11.5 Å². The lowest BCUT2D eigenvalue weighted by molar-refractivity contribution is 0.568. The Morgan fingerprint density at radius 2 is 2.22 bits per heavy atom. The van der Waals surface area contributed by atoms with Gasteiger partial charge in [0.1, 0.15) is 10.7 Å². The van der Waals surface area contributed by atoms with Crippen molar-refractivity contribution < 1.29 is 0 Å². The van der Waals surface area contributed by atoms with Gasteiger partial charge in [0, 0.05) is 34.7 Å². The molecule has 0 radical (unpaired) electrons. The minimum absolute atomic E-state index is 0.0151. The summed E-state index contributed by atoms with van der Waals surface area (Å²) in [5, 5.41) is 13.5. The van der Waals surface area contributed by atoms with Crippen molar-refractivity contribution in [3.8, 4) is 16.5 Å². The second kappa shape index (κ2) is 6.65. The van der Waals surface area contributed by atoms with Gasteiger partial charge >= 0.3 is 0 Å². The van der Waals surface area contributed by atoms with Crippen molar-refractivity contribution in [2.75, 3.05) is 0 Å². The zero-order valence-corrected chi connectivity index (χ0v) is 14.7. The van der Waals surface area contributed by atoms with E-state index in [2.05, 4.69) is 6.07 Å². The largest absolute Gasteiger partial charge is 0.296 e. The standard InChI is InChI=1S/C17H17N3OS2/c1-11(2)15-19-16-14(17(21)20(15)8-4-3-7-18)12(10-23-16)13-6-5-9-22-13/h5-6,9-11H,3-4,8H2,1-2H3. The van der Waals surface area contributed by atoms with E-state index in [0.29, 0.717) is 24.8 Å². The number of nitriles is 1. The number of nitrogens with zero attached hydrogens (tertiary/aromatic N) is 3. The van der Waals surface area contributed by atoms with Gasteiger partial charge in [-0.3, -0.25) is 9.36 Å². The Morgan fingerprint density at radius 3 is 2.87 bits per heavy atom. The molecule has 0 saturated carbocycles. The van der Waals surface area contributed by atoms with Crippen molar-refractivity contribution in [1.82, 2.24) is 9.55 Å². The van der Waals surface area contributed by atoms with Gasteiger partial charge in [0.2, 0.25) is 0 Å². The van der Waals surface area contributed by atoms with Crippen LogP contribution in [0.5, 0.6) is 0 Å². The maximum absolute atomic E-state index is 13.1. The molecule has 4 nitrogen and oxygen atoms in total. The average molecular weight is 343 g/mol. The number of unbranched alkanes of at least 4 members (excludes halogenated alkanes) is 1. The molecule has 0 aliphatic carbocycles. The number of aromatic nitrogens is 2. The van der Waals surface area contributed by atoms with Gasteiger partial charge in [0.15, 0.2) is 0 Å². The van der Waals surface area contributed by atoms with Gasteiger partial charge in [-0.1, -0.05) is 19.9 Å². The molecule has 0 fully saturated rings. The van der Waals surface area contributed by atoms with Crippen LogP contribution in [0.1, 0.15) is 38.4 Å². The van der Waals surface area contributed by atoms with E-state index in [9.17, 15) is 4.79 Å². The van der Waals surface area contributed by atoms with Gasteiger partial charge in [-0.25, -0.2) is 4.98 Å². The number of rotatable bonds is 5. The quantitative estimate of drug-likeness (QED) is 0.635. The molecule has 0 atom stereocenters. The summed E-state index contributed by atoms with van der Waals surface area (Å²) >= 11 is 3.15. The summed E-state index contributed by atoms with van der Waals surface area (Å²) in [6.45, 7) is 4.63. The second-order valence-electron chi connectivity index (χ2n) is 5.65. The minimum Gasteiger partial charge on any atom is -0.296 e. The van der Waals surface area contributed by atoms with Gasteiger partial charge in [0.25, 0.3) is 5.56 Å². The van der Waals surface area contributed by atoms with Crippen LogP contribution in [0, 0.1) is 11.3 Å². The van der Waals surface area contributed by atoms with E-state index in [1.165, 1.54) is 11.3 Å². The van der Waals surface area contributed by atoms with Crippen LogP contribution in [0.4, 0.5) is 0 Å². The molecule has 3 aromatic rings. The molecule has 0 unspecified atom stereocenters. The highest BCUT2D eigenvalue weighted by molar-refractivity contribution is 7.18. The molecule has 0 bridgehead atoms. The Balaban J connectivity index is 2.21. The monoisotopic (exact) mass is 343 g/mol. The third kappa shape index (κ3) is 2.94. The summed E-state index contributed by atoms with van der Waals surface area (Å²) in [6.07, 6.45) is 1.12. The van der Waals surface area contributed by atoms with Crippen molar-refractivity contribution in [2.24, 2.45) is 0 Å². The maximum atomic E-state index is 13.1. The normalized spacial score (nSPS) is 11.2. The minimum atomic E-state index is 0.0151. The van der Waals surface area contributed by atoms with Crippen LogP contribution in [-0.4, -0.2) is 9.55 Å². The van der Waals surface area contributed by atoms with Crippen LogP contribution in [0.25, 0.3) is 20.7 Å². The molecule has 3 aromatic heterocycles. The average Bonchev–Trinajstić information content (AvgIpc) is 3.17. The fourth-order valence-electron chi connectivity index (χ4n) is 2.63. The van der Waals surface area contributed by atoms with Crippen molar-refractivity contribution in [3.05, 3.63) is 39.1 Å². The fourth-order valence-corrected chi connectivity index (χ4v) is 4.39. The number of hydrogen-bond acceptors (Lipinski definition) is 5. The van der Waals surface area contributed by atoms with E-state index in [0.717, 1.165) is 21.1 Å². The van der Waals surface area contributed by atoms with E-state index in [4.69, 9.17) is 10.2 Å². The molecule has 0 saturated heterocycles. The highest BCUT2D eigenvalue weighted by Crippen LogP contribution is 2.34. The number of thiophene rings is 2. The predicted molar refractivity (Wildman–Crippen MR) is 96.1 cm³/mol. The van der Waals surface area contributed by atoms with Crippen molar-refractivity contribution in [3.63, 3.8) is 0 Å². The molecule has 6 heteroatoms. The summed E-state index contributed by atoms with van der Waals surface area (Å²) in [5.41, 5.74) is 0.989. The van der Waals surface area contributed by atoms with Gasteiger partial charge < -0.3 is 0 Å².